The first-order valence-corrected chi connectivity index (χ1v) is 11.7. The molecule has 1 heterocycles. The number of benzene rings is 3. The molecule has 0 N–H and O–H groups in total. The number of hydrogen-bond acceptors (Lipinski definition) is 3. The molecule has 0 radical (unpaired) electrons. The lowest BCUT2D eigenvalue weighted by atomic mass is 9.93. The highest BCUT2D eigenvalue weighted by atomic mass is 32.2. The van der Waals surface area contributed by atoms with Crippen LogP contribution in [-0.2, 0) is 10.0 Å². The summed E-state index contributed by atoms with van der Waals surface area (Å²) >= 11 is 0. The van der Waals surface area contributed by atoms with Crippen molar-refractivity contribution in [2.24, 2.45) is 0 Å². The van der Waals surface area contributed by atoms with Gasteiger partial charge in [0.15, 0.2) is 0 Å². The van der Waals surface area contributed by atoms with Crippen LogP contribution >= 0.6 is 0 Å². The quantitative estimate of drug-likeness (QED) is 0.587. The molecular formula is C25H28N2O2S. The average molecular weight is 421 g/mol. The van der Waals surface area contributed by atoms with E-state index in [9.17, 15) is 8.42 Å². The first-order chi connectivity index (χ1) is 14.3. The maximum Gasteiger partial charge on any atom is 0.244 e. The maximum absolute atomic E-state index is 13.4. The molecule has 1 saturated heterocycles. The van der Waals surface area contributed by atoms with Crippen molar-refractivity contribution in [2.75, 3.05) is 18.1 Å². The maximum atomic E-state index is 13.4. The van der Waals surface area contributed by atoms with Crippen molar-refractivity contribution in [1.29, 1.82) is 0 Å². The molecule has 4 rings (SSSR count). The fraction of sp³-hybridized carbons (Fsp3) is 0.280. The minimum absolute atomic E-state index is 0.0341. The van der Waals surface area contributed by atoms with Crippen molar-refractivity contribution in [3.63, 3.8) is 0 Å². The number of rotatable bonds is 4. The number of para-hydroxylation sites is 1. The van der Waals surface area contributed by atoms with Crippen LogP contribution in [0.3, 0.4) is 0 Å². The van der Waals surface area contributed by atoms with Crippen LogP contribution in [0.2, 0.25) is 0 Å². The van der Waals surface area contributed by atoms with E-state index in [1.807, 2.05) is 49.4 Å². The Kier molecular flexibility index (Phi) is 5.43. The first kappa shape index (κ1) is 20.6. The summed E-state index contributed by atoms with van der Waals surface area (Å²) in [5.41, 5.74) is 6.92. The molecule has 1 aliphatic rings. The lowest BCUT2D eigenvalue weighted by molar-refractivity contribution is 0.472. The second-order valence-electron chi connectivity index (χ2n) is 8.23. The predicted octanol–water partition coefficient (Wildman–Crippen LogP) is 5.13. The fourth-order valence-electron chi connectivity index (χ4n) is 4.50. The van der Waals surface area contributed by atoms with Crippen molar-refractivity contribution < 1.29 is 8.42 Å². The van der Waals surface area contributed by atoms with E-state index in [-0.39, 0.29) is 6.04 Å². The molecule has 3 aromatic carbocycles. The molecule has 1 fully saturated rings. The van der Waals surface area contributed by atoms with Gasteiger partial charge >= 0.3 is 0 Å². The van der Waals surface area contributed by atoms with Crippen LogP contribution in [0.25, 0.3) is 0 Å². The van der Waals surface area contributed by atoms with E-state index in [0.29, 0.717) is 18.1 Å². The summed E-state index contributed by atoms with van der Waals surface area (Å²) in [5, 5.41) is 0. The summed E-state index contributed by atoms with van der Waals surface area (Å²) in [6, 6.07) is 21.5. The van der Waals surface area contributed by atoms with E-state index < -0.39 is 10.0 Å². The van der Waals surface area contributed by atoms with Gasteiger partial charge in [0.05, 0.1) is 17.6 Å². The van der Waals surface area contributed by atoms with Gasteiger partial charge < -0.3 is 4.90 Å². The molecule has 156 valence electrons. The molecule has 4 nitrogen and oxygen atoms in total. The largest absolute Gasteiger partial charge is 0.349 e. The van der Waals surface area contributed by atoms with Gasteiger partial charge in [-0.1, -0.05) is 53.6 Å². The van der Waals surface area contributed by atoms with Crippen LogP contribution in [0, 0.1) is 27.7 Å². The summed E-state index contributed by atoms with van der Waals surface area (Å²) < 4.78 is 28.5. The lowest BCUT2D eigenvalue weighted by Crippen LogP contribution is -2.31. The van der Waals surface area contributed by atoms with Crippen molar-refractivity contribution in [1.82, 2.24) is 4.31 Å². The van der Waals surface area contributed by atoms with Gasteiger partial charge in [0, 0.05) is 12.2 Å². The van der Waals surface area contributed by atoms with Crippen LogP contribution in [0.5, 0.6) is 0 Å². The van der Waals surface area contributed by atoms with Crippen LogP contribution < -0.4 is 4.90 Å². The normalized spacial score (nSPS) is 17.5. The average Bonchev–Trinajstić information content (AvgIpc) is 3.14. The fourth-order valence-corrected chi connectivity index (χ4v) is 5.89. The topological polar surface area (TPSA) is 40.6 Å². The molecule has 0 bridgehead atoms. The minimum atomic E-state index is -3.58. The number of aryl methyl sites for hydroxylation is 4. The zero-order valence-corrected chi connectivity index (χ0v) is 18.8. The highest BCUT2D eigenvalue weighted by Crippen LogP contribution is 2.38. The second kappa shape index (κ2) is 7.89. The van der Waals surface area contributed by atoms with E-state index in [0.717, 1.165) is 11.3 Å². The molecule has 30 heavy (non-hydrogen) atoms. The minimum Gasteiger partial charge on any atom is -0.349 e. The Hall–Kier alpha value is -2.63. The molecule has 3 aromatic rings. The zero-order chi connectivity index (χ0) is 21.5. The number of nitrogens with zero attached hydrogens (tertiary/aromatic N) is 2. The summed E-state index contributed by atoms with van der Waals surface area (Å²) in [7, 11) is -3.58. The summed E-state index contributed by atoms with van der Waals surface area (Å²) in [5.74, 6) is 0. The van der Waals surface area contributed by atoms with Crippen LogP contribution in [0.4, 0.5) is 5.69 Å². The smallest absolute Gasteiger partial charge is 0.244 e. The predicted molar refractivity (Wildman–Crippen MR) is 122 cm³/mol. The van der Waals surface area contributed by atoms with Gasteiger partial charge in [-0.15, -0.1) is 0 Å². The third-order valence-electron chi connectivity index (χ3n) is 5.88. The Labute approximate surface area is 179 Å². The van der Waals surface area contributed by atoms with Gasteiger partial charge in [0.2, 0.25) is 10.0 Å². The van der Waals surface area contributed by atoms with E-state index >= 15 is 0 Å². The third kappa shape index (κ3) is 3.75. The van der Waals surface area contributed by atoms with Crippen molar-refractivity contribution in [2.45, 2.75) is 38.6 Å². The second-order valence-corrected chi connectivity index (χ2v) is 10.2. The number of hydrogen-bond donors (Lipinski definition) is 0. The summed E-state index contributed by atoms with van der Waals surface area (Å²) in [6.45, 7) is 9.06. The molecular weight excluding hydrogens is 392 g/mol. The molecule has 1 unspecified atom stereocenters. The Morgan fingerprint density at radius 3 is 2.00 bits per heavy atom. The molecule has 5 heteroatoms. The molecule has 0 saturated carbocycles. The molecule has 0 amide bonds. The van der Waals surface area contributed by atoms with E-state index in [4.69, 9.17) is 0 Å². The van der Waals surface area contributed by atoms with Crippen molar-refractivity contribution >= 4 is 15.7 Å². The molecule has 1 aliphatic heterocycles. The van der Waals surface area contributed by atoms with Gasteiger partial charge in [0.1, 0.15) is 0 Å². The van der Waals surface area contributed by atoms with Crippen molar-refractivity contribution in [3.8, 4) is 0 Å². The van der Waals surface area contributed by atoms with E-state index in [1.54, 1.807) is 16.4 Å². The Balaban J connectivity index is 1.78. The summed E-state index contributed by atoms with van der Waals surface area (Å²) in [6.07, 6.45) is 0. The van der Waals surface area contributed by atoms with Crippen molar-refractivity contribution in [3.05, 3.63) is 94.5 Å². The highest BCUT2D eigenvalue weighted by molar-refractivity contribution is 7.89. The zero-order valence-electron chi connectivity index (χ0n) is 18.0. The number of anilines is 1. The molecule has 0 spiro atoms. The van der Waals surface area contributed by atoms with Gasteiger partial charge in [-0.2, -0.15) is 4.31 Å². The van der Waals surface area contributed by atoms with Gasteiger partial charge in [0.25, 0.3) is 0 Å². The van der Waals surface area contributed by atoms with Gasteiger partial charge in [-0.25, -0.2) is 8.42 Å². The standard InChI is InChI=1S/C25H28N2O2S/c1-18-10-12-23(13-11-18)30(28,29)26-16-24(25-20(3)14-19(2)15-21(25)4)27(17-26)22-8-6-5-7-9-22/h5-15,24H,16-17H2,1-4H3. The van der Waals surface area contributed by atoms with E-state index in [1.165, 1.54) is 22.3 Å². The lowest BCUT2D eigenvalue weighted by Gasteiger charge is -2.28. The molecule has 0 aliphatic carbocycles. The highest BCUT2D eigenvalue weighted by Gasteiger charge is 2.39. The molecule has 0 aromatic heterocycles. The van der Waals surface area contributed by atoms with Crippen LogP contribution in [0.15, 0.2) is 71.6 Å². The van der Waals surface area contributed by atoms with E-state index in [2.05, 4.69) is 37.8 Å². The third-order valence-corrected chi connectivity index (χ3v) is 7.69. The number of sulfonamides is 1. The monoisotopic (exact) mass is 420 g/mol. The van der Waals surface area contributed by atoms with Gasteiger partial charge in [-0.3, -0.25) is 0 Å². The molecule has 1 atom stereocenters. The SMILES string of the molecule is Cc1ccc(S(=O)(=O)N2CC(c3c(C)cc(C)cc3C)N(c3ccccc3)C2)cc1. The Morgan fingerprint density at radius 1 is 0.800 bits per heavy atom. The van der Waals surface area contributed by atoms with Crippen LogP contribution in [-0.4, -0.2) is 25.9 Å². The summed E-state index contributed by atoms with van der Waals surface area (Å²) in [4.78, 5) is 2.55. The van der Waals surface area contributed by atoms with Gasteiger partial charge in [-0.05, 0) is 68.7 Å². The first-order valence-electron chi connectivity index (χ1n) is 10.2. The van der Waals surface area contributed by atoms with Crippen LogP contribution in [0.1, 0.15) is 33.9 Å². The Bertz CT molecular complexity index is 1130. The Morgan fingerprint density at radius 2 is 1.40 bits per heavy atom.